The molecule has 3 rings (SSSR count). The Labute approximate surface area is 126 Å². The monoisotopic (exact) mass is 294 g/mol. The minimum absolute atomic E-state index is 0.135. The number of urea groups is 1. The Balaban J connectivity index is 1.69. The molecule has 3 fully saturated rings. The molecule has 1 heterocycles. The molecule has 0 unspecified atom stereocenters. The number of rotatable bonds is 2. The third-order valence-electron chi connectivity index (χ3n) is 5.54. The predicted octanol–water partition coefficient (Wildman–Crippen LogP) is 2.75. The first-order chi connectivity index (χ1) is 10.2. The van der Waals surface area contributed by atoms with Gasteiger partial charge >= 0.3 is 12.0 Å². The van der Waals surface area contributed by atoms with Crippen molar-refractivity contribution in [2.45, 2.75) is 82.3 Å². The van der Waals surface area contributed by atoms with Gasteiger partial charge in [0.05, 0.1) is 0 Å². The van der Waals surface area contributed by atoms with Gasteiger partial charge in [0.1, 0.15) is 6.04 Å². The fourth-order valence-electron chi connectivity index (χ4n) is 4.47. The molecule has 21 heavy (non-hydrogen) atoms. The molecular formula is C16H26N2O3. The van der Waals surface area contributed by atoms with Crippen LogP contribution in [-0.4, -0.2) is 40.1 Å². The Morgan fingerprint density at radius 1 is 0.952 bits per heavy atom. The van der Waals surface area contributed by atoms with E-state index < -0.39 is 12.0 Å². The van der Waals surface area contributed by atoms with Gasteiger partial charge in [-0.05, 0) is 38.0 Å². The van der Waals surface area contributed by atoms with Crippen LogP contribution in [0.1, 0.15) is 64.2 Å². The fourth-order valence-corrected chi connectivity index (χ4v) is 4.47. The number of hydrogen-bond donors (Lipinski definition) is 2. The molecule has 0 aromatic carbocycles. The van der Waals surface area contributed by atoms with Crippen molar-refractivity contribution in [3.05, 3.63) is 0 Å². The lowest BCUT2D eigenvalue weighted by Crippen LogP contribution is -2.53. The molecule has 3 aliphatic rings. The molecule has 1 aliphatic heterocycles. The van der Waals surface area contributed by atoms with Crippen molar-refractivity contribution < 1.29 is 14.7 Å². The van der Waals surface area contributed by atoms with E-state index in [9.17, 15) is 14.7 Å². The average Bonchev–Trinajstić information content (AvgIpc) is 2.88. The maximum Gasteiger partial charge on any atom is 0.326 e. The normalized spacial score (nSPS) is 33.5. The molecule has 0 aromatic rings. The molecule has 2 amide bonds. The molecule has 1 saturated heterocycles. The van der Waals surface area contributed by atoms with Gasteiger partial charge in [-0.25, -0.2) is 9.59 Å². The van der Waals surface area contributed by atoms with Crippen LogP contribution in [0.5, 0.6) is 0 Å². The van der Waals surface area contributed by atoms with E-state index >= 15 is 0 Å². The number of nitrogens with one attached hydrogen (secondary N) is 1. The lowest BCUT2D eigenvalue weighted by molar-refractivity contribution is -0.141. The summed E-state index contributed by atoms with van der Waals surface area (Å²) in [4.78, 5) is 25.8. The van der Waals surface area contributed by atoms with E-state index in [1.807, 2.05) is 0 Å². The number of carboxylic acids is 1. The second kappa shape index (κ2) is 6.24. The summed E-state index contributed by atoms with van der Waals surface area (Å²) < 4.78 is 0. The molecule has 3 atom stereocenters. The third-order valence-corrected chi connectivity index (χ3v) is 5.54. The Morgan fingerprint density at radius 3 is 2.33 bits per heavy atom. The van der Waals surface area contributed by atoms with Crippen LogP contribution in [-0.2, 0) is 4.79 Å². The third kappa shape index (κ3) is 3.01. The highest BCUT2D eigenvalue weighted by molar-refractivity contribution is 5.84. The van der Waals surface area contributed by atoms with Gasteiger partial charge in [0.2, 0.25) is 0 Å². The summed E-state index contributed by atoms with van der Waals surface area (Å²) in [5, 5.41) is 12.6. The van der Waals surface area contributed by atoms with Crippen molar-refractivity contribution in [2.75, 3.05) is 0 Å². The minimum Gasteiger partial charge on any atom is -0.480 e. The van der Waals surface area contributed by atoms with Crippen LogP contribution in [0.15, 0.2) is 0 Å². The summed E-state index contributed by atoms with van der Waals surface area (Å²) in [7, 11) is 0. The second-order valence-electron chi connectivity index (χ2n) is 6.89. The molecular weight excluding hydrogens is 268 g/mol. The lowest BCUT2D eigenvalue weighted by atomic mass is 9.85. The predicted molar refractivity (Wildman–Crippen MR) is 79.0 cm³/mol. The number of nitrogens with zero attached hydrogens (tertiary/aromatic N) is 1. The summed E-state index contributed by atoms with van der Waals surface area (Å²) >= 11 is 0. The van der Waals surface area contributed by atoms with Crippen LogP contribution in [0.3, 0.4) is 0 Å². The van der Waals surface area contributed by atoms with E-state index in [0.29, 0.717) is 12.3 Å². The summed E-state index contributed by atoms with van der Waals surface area (Å²) in [5.41, 5.74) is 0. The van der Waals surface area contributed by atoms with Gasteiger partial charge < -0.3 is 15.3 Å². The van der Waals surface area contributed by atoms with Crippen molar-refractivity contribution in [1.29, 1.82) is 0 Å². The number of aliphatic carboxylic acids is 1. The van der Waals surface area contributed by atoms with Gasteiger partial charge in [-0.3, -0.25) is 0 Å². The van der Waals surface area contributed by atoms with Crippen LogP contribution in [0.25, 0.3) is 0 Å². The molecule has 118 valence electrons. The minimum atomic E-state index is -0.844. The molecule has 2 N–H and O–H groups in total. The van der Waals surface area contributed by atoms with E-state index in [0.717, 1.165) is 32.1 Å². The van der Waals surface area contributed by atoms with Crippen LogP contribution in [0, 0.1) is 5.92 Å². The Morgan fingerprint density at radius 2 is 1.62 bits per heavy atom. The quantitative estimate of drug-likeness (QED) is 0.822. The van der Waals surface area contributed by atoms with Crippen molar-refractivity contribution in [3.63, 3.8) is 0 Å². The largest absolute Gasteiger partial charge is 0.480 e. The average molecular weight is 294 g/mol. The maximum absolute atomic E-state index is 12.6. The number of carbonyl (C=O) groups excluding carboxylic acids is 1. The Hall–Kier alpha value is -1.26. The van der Waals surface area contributed by atoms with Crippen molar-refractivity contribution in [2.24, 2.45) is 5.92 Å². The van der Waals surface area contributed by atoms with Crippen LogP contribution in [0.4, 0.5) is 4.79 Å². The van der Waals surface area contributed by atoms with E-state index in [-0.39, 0.29) is 18.1 Å². The molecule has 0 aromatic heterocycles. The number of hydrogen-bond acceptors (Lipinski definition) is 2. The van der Waals surface area contributed by atoms with Crippen molar-refractivity contribution in [3.8, 4) is 0 Å². The summed E-state index contributed by atoms with van der Waals surface area (Å²) in [6, 6.07) is -0.378. The standard InChI is InChI=1S/C16H26N2O3/c19-15(20)14-10-11-6-4-5-9-13(11)18(14)16(21)17-12-7-2-1-3-8-12/h11-14H,1-10H2,(H,17,21)(H,19,20)/t11-,13-,14-/m0/s1. The summed E-state index contributed by atoms with van der Waals surface area (Å²) in [5.74, 6) is -0.458. The van der Waals surface area contributed by atoms with E-state index in [1.54, 1.807) is 4.90 Å². The highest BCUT2D eigenvalue weighted by Crippen LogP contribution is 2.39. The van der Waals surface area contributed by atoms with Crippen molar-refractivity contribution >= 4 is 12.0 Å². The van der Waals surface area contributed by atoms with Gasteiger partial charge in [-0.15, -0.1) is 0 Å². The van der Waals surface area contributed by atoms with Crippen LogP contribution in [0.2, 0.25) is 0 Å². The maximum atomic E-state index is 12.6. The van der Waals surface area contributed by atoms with E-state index in [1.165, 1.54) is 25.7 Å². The first-order valence-electron chi connectivity index (χ1n) is 8.48. The Kier molecular flexibility index (Phi) is 4.36. The highest BCUT2D eigenvalue weighted by atomic mass is 16.4. The molecule has 2 aliphatic carbocycles. The van der Waals surface area contributed by atoms with Gasteiger partial charge in [-0.2, -0.15) is 0 Å². The molecule has 5 nitrogen and oxygen atoms in total. The first kappa shape index (κ1) is 14.7. The number of carbonyl (C=O) groups is 2. The summed E-state index contributed by atoms with van der Waals surface area (Å²) in [6.45, 7) is 0. The van der Waals surface area contributed by atoms with Crippen LogP contribution < -0.4 is 5.32 Å². The molecule has 0 radical (unpaired) electrons. The zero-order valence-corrected chi connectivity index (χ0v) is 12.6. The summed E-state index contributed by atoms with van der Waals surface area (Å²) in [6.07, 6.45) is 10.6. The van der Waals surface area contributed by atoms with Gasteiger partial charge in [0.15, 0.2) is 0 Å². The lowest BCUT2D eigenvalue weighted by Gasteiger charge is -2.34. The second-order valence-corrected chi connectivity index (χ2v) is 6.89. The number of likely N-dealkylation sites (tertiary alicyclic amines) is 1. The zero-order valence-electron chi connectivity index (χ0n) is 12.6. The smallest absolute Gasteiger partial charge is 0.326 e. The molecule has 2 saturated carbocycles. The number of fused-ring (bicyclic) bond motifs is 1. The number of carboxylic acid groups (broad SMARTS) is 1. The van der Waals surface area contributed by atoms with E-state index in [2.05, 4.69) is 5.32 Å². The SMILES string of the molecule is O=C(O)[C@@H]1C[C@@H]2CCCC[C@@H]2N1C(=O)NC1CCCCC1. The molecule has 0 bridgehead atoms. The van der Waals surface area contributed by atoms with Crippen molar-refractivity contribution in [1.82, 2.24) is 10.2 Å². The topological polar surface area (TPSA) is 69.6 Å². The Bertz CT molecular complexity index is 406. The zero-order chi connectivity index (χ0) is 14.8. The van der Waals surface area contributed by atoms with E-state index in [4.69, 9.17) is 0 Å². The molecule has 0 spiro atoms. The fraction of sp³-hybridized carbons (Fsp3) is 0.875. The number of amides is 2. The first-order valence-corrected chi connectivity index (χ1v) is 8.48. The van der Waals surface area contributed by atoms with Crippen LogP contribution >= 0.6 is 0 Å². The van der Waals surface area contributed by atoms with Gasteiger partial charge in [0.25, 0.3) is 0 Å². The van der Waals surface area contributed by atoms with Gasteiger partial charge in [0, 0.05) is 12.1 Å². The van der Waals surface area contributed by atoms with Gasteiger partial charge in [-0.1, -0.05) is 32.1 Å². The molecule has 5 heteroatoms. The highest BCUT2D eigenvalue weighted by Gasteiger charge is 2.47.